The number of aromatic amines is 1. The Bertz CT molecular complexity index is 3310. The van der Waals surface area contributed by atoms with Crippen LogP contribution in [0.2, 0.25) is 0 Å². The number of hydrogen-bond acceptors (Lipinski definition) is 10. The first-order chi connectivity index (χ1) is 36.5. The molecule has 3 aromatic heterocycles. The molecule has 14 heteroatoms. The van der Waals surface area contributed by atoms with Crippen molar-refractivity contribution >= 4 is 23.2 Å². The molecule has 1 saturated carbocycles. The molecule has 1 amide bonds. The Morgan fingerprint density at radius 2 is 1.37 bits per heavy atom. The van der Waals surface area contributed by atoms with Crippen molar-refractivity contribution in [2.75, 3.05) is 32.7 Å². The molecule has 3 aliphatic rings. The number of hydrogen-bond donors (Lipinski definition) is 2. The minimum atomic E-state index is -0.633. The van der Waals surface area contributed by atoms with Crippen LogP contribution in [0.3, 0.4) is 0 Å². The third-order valence-corrected chi connectivity index (χ3v) is 14.6. The van der Waals surface area contributed by atoms with Gasteiger partial charge in [-0.1, -0.05) is 148 Å². The number of anilines is 1. The zero-order chi connectivity index (χ0) is 52.6. The van der Waals surface area contributed by atoms with E-state index in [9.17, 15) is 14.7 Å². The van der Waals surface area contributed by atoms with Crippen LogP contribution in [0.5, 0.6) is 11.5 Å². The van der Waals surface area contributed by atoms with Crippen molar-refractivity contribution in [3.8, 4) is 22.6 Å². The molecule has 1 aliphatic carbocycles. The molecular formula is C61H69N9O5. The van der Waals surface area contributed by atoms with Gasteiger partial charge in [0.15, 0.2) is 28.5 Å². The average molecular weight is 1010 g/mol. The number of imidazole rings is 2. The normalized spacial score (nSPS) is 15.1. The highest BCUT2D eigenvalue weighted by Gasteiger charge is 2.49. The zero-order valence-electron chi connectivity index (χ0n) is 44.3. The van der Waals surface area contributed by atoms with Crippen molar-refractivity contribution < 1.29 is 19.4 Å². The number of carbonyl (C=O) groups is 1. The maximum absolute atomic E-state index is 13.8. The van der Waals surface area contributed by atoms with Gasteiger partial charge in [-0.25, -0.2) is 19.5 Å². The number of guanidine groups is 1. The molecule has 1 unspecified atom stereocenters. The van der Waals surface area contributed by atoms with Gasteiger partial charge in [0.1, 0.15) is 17.5 Å². The topological polar surface area (TPSA) is 155 Å². The van der Waals surface area contributed by atoms with Crippen LogP contribution in [0.15, 0.2) is 143 Å². The SMILES string of the molecule is CC.CN1C(=O)c2c(nc(Cc3ccc(-c4ccccc4)cc3)n2Cc2ccccc2)N2CC3(CCCC3)N=C12.COc1ccc(Cc2nn3c(C(CCCc4ccccc4)[C@@H](C)O)nc(C)c3c(=O)[nH]2)cc1OC. The van der Waals surface area contributed by atoms with Gasteiger partial charge in [-0.15, -0.1) is 0 Å². The summed E-state index contributed by atoms with van der Waals surface area (Å²) < 4.78 is 14.5. The molecule has 5 heterocycles. The van der Waals surface area contributed by atoms with Gasteiger partial charge in [0.2, 0.25) is 5.96 Å². The van der Waals surface area contributed by atoms with Crippen molar-refractivity contribution in [2.24, 2.45) is 4.99 Å². The summed E-state index contributed by atoms with van der Waals surface area (Å²) in [5, 5.41) is 15.4. The van der Waals surface area contributed by atoms with E-state index in [1.165, 1.54) is 35.1 Å². The Hall–Kier alpha value is -7.84. The summed E-state index contributed by atoms with van der Waals surface area (Å²) in [6.45, 7) is 8.97. The number of carbonyl (C=O) groups excluding carboxylic acids is 1. The summed E-state index contributed by atoms with van der Waals surface area (Å²) in [4.78, 5) is 48.6. The van der Waals surface area contributed by atoms with Gasteiger partial charge >= 0.3 is 0 Å². The molecule has 388 valence electrons. The fourth-order valence-corrected chi connectivity index (χ4v) is 10.7. The molecule has 14 nitrogen and oxygen atoms in total. The number of aliphatic hydroxyl groups is 1. The Morgan fingerprint density at radius 3 is 2.03 bits per heavy atom. The molecule has 1 spiro atoms. The molecule has 2 atom stereocenters. The Labute approximate surface area is 439 Å². The van der Waals surface area contributed by atoms with Gasteiger partial charge < -0.3 is 24.1 Å². The van der Waals surface area contributed by atoms with Crippen LogP contribution in [0.25, 0.3) is 16.6 Å². The zero-order valence-corrected chi connectivity index (χ0v) is 44.3. The number of benzene rings is 5. The van der Waals surface area contributed by atoms with E-state index >= 15 is 0 Å². The molecule has 75 heavy (non-hydrogen) atoms. The Morgan fingerprint density at radius 1 is 0.747 bits per heavy atom. The van der Waals surface area contributed by atoms with Crippen molar-refractivity contribution in [2.45, 2.75) is 110 Å². The van der Waals surface area contributed by atoms with Gasteiger partial charge in [-0.2, -0.15) is 5.10 Å². The van der Waals surface area contributed by atoms with Gasteiger partial charge in [0.05, 0.1) is 38.1 Å². The van der Waals surface area contributed by atoms with Crippen LogP contribution in [0.4, 0.5) is 5.82 Å². The van der Waals surface area contributed by atoms with Crippen LogP contribution in [0, 0.1) is 6.92 Å². The highest BCUT2D eigenvalue weighted by Crippen LogP contribution is 2.43. The fourth-order valence-electron chi connectivity index (χ4n) is 10.7. The van der Waals surface area contributed by atoms with E-state index < -0.39 is 6.10 Å². The second-order valence-corrected chi connectivity index (χ2v) is 19.6. The Kier molecular flexibility index (Phi) is 16.1. The predicted octanol–water partition coefficient (Wildman–Crippen LogP) is 10.6. The van der Waals surface area contributed by atoms with E-state index in [2.05, 4.69) is 92.2 Å². The number of rotatable bonds is 15. The predicted molar refractivity (Wildman–Crippen MR) is 296 cm³/mol. The number of amides is 1. The number of aliphatic hydroxyl groups excluding tert-OH is 1. The highest BCUT2D eigenvalue weighted by atomic mass is 16.5. The summed E-state index contributed by atoms with van der Waals surface area (Å²) >= 11 is 0. The van der Waals surface area contributed by atoms with Gasteiger partial charge in [0.25, 0.3) is 11.5 Å². The number of ether oxygens (including phenoxy) is 2. The minimum Gasteiger partial charge on any atom is -0.493 e. The largest absolute Gasteiger partial charge is 0.493 e. The first-order valence-electron chi connectivity index (χ1n) is 26.4. The summed E-state index contributed by atoms with van der Waals surface area (Å²) in [5.41, 5.74) is 8.23. The molecule has 2 aliphatic heterocycles. The van der Waals surface area contributed by atoms with Crippen molar-refractivity contribution in [3.63, 3.8) is 0 Å². The van der Waals surface area contributed by atoms with E-state index in [1.54, 1.807) is 37.5 Å². The van der Waals surface area contributed by atoms with Crippen LogP contribution >= 0.6 is 0 Å². The molecule has 0 radical (unpaired) electrons. The van der Waals surface area contributed by atoms with Crippen molar-refractivity contribution in [1.82, 2.24) is 34.0 Å². The number of aromatic nitrogens is 6. The average Bonchev–Trinajstić information content (AvgIpc) is 4.29. The number of nitrogens with zero attached hydrogens (tertiary/aromatic N) is 8. The molecule has 5 aromatic carbocycles. The lowest BCUT2D eigenvalue weighted by Crippen LogP contribution is -2.49. The molecule has 8 aromatic rings. The maximum atomic E-state index is 13.8. The number of H-pyrrole nitrogens is 1. The van der Waals surface area contributed by atoms with Crippen LogP contribution < -0.4 is 19.9 Å². The highest BCUT2D eigenvalue weighted by molar-refractivity contribution is 6.18. The van der Waals surface area contributed by atoms with Crippen molar-refractivity contribution in [1.29, 1.82) is 0 Å². The van der Waals surface area contributed by atoms with E-state index in [0.717, 1.165) is 67.4 Å². The molecule has 0 saturated heterocycles. The molecular weight excluding hydrogens is 939 g/mol. The quantitative estimate of drug-likeness (QED) is 0.102. The third kappa shape index (κ3) is 11.2. The number of methoxy groups -OCH3 is 2. The van der Waals surface area contributed by atoms with Crippen molar-refractivity contribution in [3.05, 3.63) is 195 Å². The number of aliphatic imine (C=N–C) groups is 1. The van der Waals surface area contributed by atoms with Crippen LogP contribution in [0.1, 0.15) is 121 Å². The summed E-state index contributed by atoms with van der Waals surface area (Å²) in [6, 6.07) is 45.3. The lowest BCUT2D eigenvalue weighted by molar-refractivity contribution is 0.0855. The minimum absolute atomic E-state index is 0.0286. The second-order valence-electron chi connectivity index (χ2n) is 19.6. The van der Waals surface area contributed by atoms with E-state index in [1.807, 2.05) is 81.6 Å². The summed E-state index contributed by atoms with van der Waals surface area (Å²) in [6.07, 6.45) is 7.48. The van der Waals surface area contributed by atoms with Crippen LogP contribution in [-0.4, -0.2) is 90.5 Å². The second kappa shape index (κ2) is 23.1. The van der Waals surface area contributed by atoms with Gasteiger partial charge in [-0.3, -0.25) is 19.4 Å². The standard InChI is InChI=1S/C32H31N5O.C27H32N4O4.C2H6/c1-35-30(38)28-29(37-22-32(34-31(35)37)18-8-9-19-32)33-27(36(28)21-24-10-4-2-5-11-24)20-23-14-16-26(17-15-23)25-12-6-3-7-13-25;1-17-25-27(33)29-24(16-20-13-14-22(34-3)23(15-20)35-4)30-31(25)26(28-17)21(18(2)32)12-8-11-19-9-6-5-7-10-19;1-2/h2-7,10-17H,8-9,18-22H2,1H3;5-7,9-10,13-15,18,21,32H,8,11-12,16H2,1-4H3,(H,29,30,33);1-2H3/t;18-,21?;/m.1./s1. The maximum Gasteiger partial charge on any atom is 0.280 e. The Balaban J connectivity index is 0.000000179. The first kappa shape index (κ1) is 52.0. The van der Waals surface area contributed by atoms with Gasteiger partial charge in [0, 0.05) is 32.4 Å². The molecule has 0 bridgehead atoms. The molecule has 11 rings (SSSR count). The molecule has 1 fully saturated rings. The van der Waals surface area contributed by atoms with E-state index in [4.69, 9.17) is 24.5 Å². The van der Waals surface area contributed by atoms with Crippen LogP contribution in [-0.2, 0) is 25.8 Å². The summed E-state index contributed by atoms with van der Waals surface area (Å²) in [7, 11) is 5.03. The summed E-state index contributed by atoms with van der Waals surface area (Å²) in [5.74, 6) is 4.51. The molecule has 2 N–H and O–H groups in total. The first-order valence-corrected chi connectivity index (χ1v) is 26.4. The number of fused-ring (bicyclic) bond motifs is 4. The van der Waals surface area contributed by atoms with E-state index in [0.29, 0.717) is 59.4 Å². The monoisotopic (exact) mass is 1010 g/mol. The smallest absolute Gasteiger partial charge is 0.280 e. The lowest BCUT2D eigenvalue weighted by Gasteiger charge is -2.31. The van der Waals surface area contributed by atoms with E-state index in [-0.39, 0.29) is 22.9 Å². The number of aryl methyl sites for hydroxylation is 2. The van der Waals surface area contributed by atoms with Gasteiger partial charge in [-0.05, 0) is 91.5 Å². The fraction of sp³-hybridized carbons (Fsp3) is 0.344. The third-order valence-electron chi connectivity index (χ3n) is 14.6. The lowest BCUT2D eigenvalue weighted by atomic mass is 9.94. The number of nitrogens with one attached hydrogen (secondary N) is 1.